The maximum absolute atomic E-state index is 14.7. The molecule has 1 unspecified atom stereocenters. The molecule has 46 heavy (non-hydrogen) atoms. The summed E-state index contributed by atoms with van der Waals surface area (Å²) in [6.45, 7) is 12.7. The smallest absolute Gasteiger partial charge is 0.318 e. The third kappa shape index (κ3) is 6.04. The van der Waals surface area contributed by atoms with Gasteiger partial charge in [-0.2, -0.15) is 15.2 Å². The van der Waals surface area contributed by atoms with Gasteiger partial charge >= 0.3 is 6.01 Å². The number of aromatic nitrogens is 2. The monoisotopic (exact) mass is 625 g/mol. The molecule has 4 aliphatic rings. The van der Waals surface area contributed by atoms with Crippen LogP contribution in [0.15, 0.2) is 43.0 Å². The molecule has 3 aromatic rings. The molecule has 4 heterocycles. The lowest BCUT2D eigenvalue weighted by Gasteiger charge is -2.43. The van der Waals surface area contributed by atoms with E-state index in [9.17, 15) is 14.8 Å². The van der Waals surface area contributed by atoms with Crippen molar-refractivity contribution < 1.29 is 14.2 Å². The van der Waals surface area contributed by atoms with Gasteiger partial charge in [-0.05, 0) is 81.3 Å². The first kappa shape index (κ1) is 30.9. The normalized spacial score (nSPS) is 22.0. The number of benzene rings is 2. The van der Waals surface area contributed by atoms with Gasteiger partial charge in [0.05, 0.1) is 31.3 Å². The second-order valence-electron chi connectivity index (χ2n) is 13.6. The Balaban J connectivity index is 1.20. The van der Waals surface area contributed by atoms with Crippen LogP contribution >= 0.6 is 0 Å². The van der Waals surface area contributed by atoms with Crippen LogP contribution in [0, 0.1) is 29.5 Å². The number of piperazine rings is 1. The Labute approximate surface area is 270 Å². The number of aliphatic hydroxyl groups excluding tert-OH is 1. The van der Waals surface area contributed by atoms with Crippen molar-refractivity contribution in [2.24, 2.45) is 5.41 Å². The van der Waals surface area contributed by atoms with Crippen LogP contribution in [0.2, 0.25) is 0 Å². The first-order chi connectivity index (χ1) is 22.4. The molecule has 242 valence electrons. The Morgan fingerprint density at radius 2 is 1.96 bits per heavy atom. The molecule has 0 radical (unpaired) electrons. The number of rotatable bonds is 10. The lowest BCUT2D eigenvalue weighted by atomic mass is 9.99. The summed E-state index contributed by atoms with van der Waals surface area (Å²) >= 11 is 0. The van der Waals surface area contributed by atoms with Crippen LogP contribution in [0.3, 0.4) is 0 Å². The van der Waals surface area contributed by atoms with Gasteiger partial charge in [0.25, 0.3) is 0 Å². The third-order valence-electron chi connectivity index (χ3n) is 10.5. The zero-order chi connectivity index (χ0) is 31.8. The Hall–Kier alpha value is -3.78. The van der Waals surface area contributed by atoms with Crippen LogP contribution < -0.4 is 14.5 Å². The summed E-state index contributed by atoms with van der Waals surface area (Å²) in [6, 6.07) is 12.1. The molecule has 1 aromatic heterocycles. The van der Waals surface area contributed by atoms with E-state index >= 15 is 0 Å². The average molecular weight is 626 g/mol. The predicted molar refractivity (Wildman–Crippen MR) is 177 cm³/mol. The minimum absolute atomic E-state index is 0.162. The molecule has 1 saturated carbocycles. The number of hydrogen-bond donors (Lipinski definition) is 1. The summed E-state index contributed by atoms with van der Waals surface area (Å²) in [4.78, 5) is 19.1. The Bertz CT molecular complexity index is 1650. The first-order valence-electron chi connectivity index (χ1n) is 16.7. The highest BCUT2D eigenvalue weighted by molar-refractivity contribution is 5.97. The molecule has 2 aromatic carbocycles. The number of fused-ring (bicyclic) bond motifs is 2. The zero-order valence-electron chi connectivity index (χ0n) is 26.8. The summed E-state index contributed by atoms with van der Waals surface area (Å²) in [5.74, 6) is 0.660. The van der Waals surface area contributed by atoms with E-state index in [1.165, 1.54) is 32.0 Å². The Kier molecular flexibility index (Phi) is 8.57. The molecule has 3 fully saturated rings. The van der Waals surface area contributed by atoms with Crippen molar-refractivity contribution in [1.82, 2.24) is 19.8 Å². The number of nitriles is 1. The van der Waals surface area contributed by atoms with E-state index in [4.69, 9.17) is 14.7 Å². The molecular formula is C36H44FN7O2. The van der Waals surface area contributed by atoms with E-state index in [0.717, 1.165) is 65.9 Å². The lowest BCUT2D eigenvalue weighted by Crippen LogP contribution is -2.56. The summed E-state index contributed by atoms with van der Waals surface area (Å²) in [7, 11) is 0. The third-order valence-corrected chi connectivity index (χ3v) is 10.5. The highest BCUT2D eigenvalue weighted by Gasteiger charge is 2.45. The zero-order valence-corrected chi connectivity index (χ0v) is 26.8. The van der Waals surface area contributed by atoms with Crippen molar-refractivity contribution >= 4 is 22.3 Å². The van der Waals surface area contributed by atoms with Gasteiger partial charge < -0.3 is 24.5 Å². The van der Waals surface area contributed by atoms with Crippen molar-refractivity contribution in [1.29, 1.82) is 5.26 Å². The van der Waals surface area contributed by atoms with Gasteiger partial charge in [-0.1, -0.05) is 24.8 Å². The second-order valence-corrected chi connectivity index (χ2v) is 13.6. The number of ether oxygens (including phenoxy) is 1. The Morgan fingerprint density at radius 3 is 2.72 bits per heavy atom. The molecular weight excluding hydrogens is 581 g/mol. The number of hydrogen-bond acceptors (Lipinski definition) is 9. The van der Waals surface area contributed by atoms with E-state index < -0.39 is 6.23 Å². The molecule has 3 aliphatic heterocycles. The Morgan fingerprint density at radius 1 is 1.13 bits per heavy atom. The van der Waals surface area contributed by atoms with E-state index in [0.29, 0.717) is 50.8 Å². The highest BCUT2D eigenvalue weighted by atomic mass is 19.1. The quantitative estimate of drug-likeness (QED) is 0.319. The van der Waals surface area contributed by atoms with Gasteiger partial charge in [-0.25, -0.2) is 4.39 Å². The minimum atomic E-state index is -0.799. The van der Waals surface area contributed by atoms with Crippen LogP contribution in [0.1, 0.15) is 48.9 Å². The number of nitrogens with zero attached hydrogens (tertiary/aromatic N) is 7. The van der Waals surface area contributed by atoms with Gasteiger partial charge in [0.1, 0.15) is 17.9 Å². The molecule has 0 bridgehead atoms. The fourth-order valence-corrected chi connectivity index (χ4v) is 7.69. The predicted octanol–water partition coefficient (Wildman–Crippen LogP) is 4.80. The number of likely N-dealkylation sites (tertiary alicyclic amines) is 1. The minimum Gasteiger partial charge on any atom is -0.463 e. The maximum Gasteiger partial charge on any atom is 0.318 e. The maximum atomic E-state index is 14.7. The van der Waals surface area contributed by atoms with Crippen LogP contribution in [0.4, 0.5) is 15.9 Å². The number of halogens is 1. The highest BCUT2D eigenvalue weighted by Crippen LogP contribution is 2.47. The first-order valence-corrected chi connectivity index (χ1v) is 16.7. The molecule has 7 rings (SSSR count). The lowest BCUT2D eigenvalue weighted by molar-refractivity contribution is 0.00430. The largest absolute Gasteiger partial charge is 0.463 e. The van der Waals surface area contributed by atoms with Gasteiger partial charge in [0.15, 0.2) is 0 Å². The van der Waals surface area contributed by atoms with Crippen LogP contribution in [-0.4, -0.2) is 89.6 Å². The second kappa shape index (κ2) is 12.8. The van der Waals surface area contributed by atoms with Crippen molar-refractivity contribution in [3.63, 3.8) is 0 Å². The molecule has 0 spiro atoms. The average Bonchev–Trinajstić information content (AvgIpc) is 3.65. The summed E-state index contributed by atoms with van der Waals surface area (Å²) in [6.07, 6.45) is 6.62. The summed E-state index contributed by atoms with van der Waals surface area (Å²) in [5, 5.41) is 22.1. The van der Waals surface area contributed by atoms with E-state index in [1.807, 2.05) is 30.0 Å². The molecule has 1 aliphatic carbocycles. The number of aryl methyl sites for hydroxylation is 1. The molecule has 2 atom stereocenters. The number of aliphatic hydroxyl groups is 1. The standard InChI is InChI=1S/C36H44FN7O2/c1-3-32(45)44-20-19-43(21-27(44)11-15-38)34-28-12-18-42(31-8-6-7-26-9-10-29(37)25(2)33(26)31)22-30(28)39-35(40-34)46-24-36(13-14-36)23-41-16-4-5-17-41/h3,6-10,27,32,45H,1,4-5,11-14,16-24H2,2H3/t27-,32?/m0/s1. The summed E-state index contributed by atoms with van der Waals surface area (Å²) < 4.78 is 21.2. The van der Waals surface area contributed by atoms with Crippen LogP contribution in [-0.2, 0) is 13.0 Å². The van der Waals surface area contributed by atoms with Gasteiger partial charge in [0, 0.05) is 60.8 Å². The summed E-state index contributed by atoms with van der Waals surface area (Å²) in [5.41, 5.74) is 3.85. The topological polar surface area (TPSA) is 92.0 Å². The molecule has 0 amide bonds. The SMILES string of the molecule is C=CC(O)N1CCN(c2nc(OCC3(CN4CCCC4)CC3)nc3c2CCN(c2cccc4ccc(F)c(C)c24)C3)C[C@@H]1CC#N. The van der Waals surface area contributed by atoms with Crippen molar-refractivity contribution in [2.45, 2.75) is 64.3 Å². The van der Waals surface area contributed by atoms with Crippen molar-refractivity contribution in [3.8, 4) is 12.1 Å². The van der Waals surface area contributed by atoms with Crippen molar-refractivity contribution in [3.05, 3.63) is 65.6 Å². The molecule has 2 saturated heterocycles. The van der Waals surface area contributed by atoms with Crippen LogP contribution in [0.25, 0.3) is 10.8 Å². The van der Waals surface area contributed by atoms with Gasteiger partial charge in [0.2, 0.25) is 0 Å². The fourth-order valence-electron chi connectivity index (χ4n) is 7.69. The molecule has 9 nitrogen and oxygen atoms in total. The van der Waals surface area contributed by atoms with E-state index in [2.05, 4.69) is 33.4 Å². The van der Waals surface area contributed by atoms with Crippen molar-refractivity contribution in [2.75, 3.05) is 62.2 Å². The van der Waals surface area contributed by atoms with E-state index in [-0.39, 0.29) is 17.3 Å². The molecule has 1 N–H and O–H groups in total. The molecule has 10 heteroatoms. The van der Waals surface area contributed by atoms with Gasteiger partial charge in [-0.15, -0.1) is 0 Å². The van der Waals surface area contributed by atoms with Gasteiger partial charge in [-0.3, -0.25) is 4.90 Å². The number of anilines is 2. The fraction of sp³-hybridized carbons (Fsp3) is 0.528. The van der Waals surface area contributed by atoms with E-state index in [1.54, 1.807) is 6.07 Å². The van der Waals surface area contributed by atoms with Crippen LogP contribution in [0.5, 0.6) is 6.01 Å².